The van der Waals surface area contributed by atoms with Crippen LogP contribution in [0.25, 0.3) is 16.5 Å². The fraction of sp³-hybridized carbons (Fsp3) is 0.280. The minimum Gasteiger partial charge on any atom is -0.478 e. The van der Waals surface area contributed by atoms with Crippen LogP contribution in [0.15, 0.2) is 54.7 Å². The Morgan fingerprint density at radius 3 is 2.38 bits per heavy atom. The van der Waals surface area contributed by atoms with E-state index in [-0.39, 0.29) is 11.5 Å². The first kappa shape index (κ1) is 21.8. The number of aromatic amines is 1. The molecule has 1 aromatic heterocycles. The minimum absolute atomic E-state index is 0.0316. The Labute approximate surface area is 185 Å². The zero-order valence-electron chi connectivity index (χ0n) is 17.7. The fourth-order valence-electron chi connectivity index (χ4n) is 4.24. The second-order valence-corrected chi connectivity index (χ2v) is 8.17. The monoisotopic (exact) mass is 435 g/mol. The molecule has 1 amide bonds. The number of para-hydroxylation sites is 1. The number of hydrogen-bond acceptors (Lipinski definition) is 3. The molecule has 0 saturated heterocycles. The molecule has 0 bridgehead atoms. The summed E-state index contributed by atoms with van der Waals surface area (Å²) in [6, 6.07) is 13.4. The molecule has 0 unspecified atom stereocenters. The summed E-state index contributed by atoms with van der Waals surface area (Å²) in [4.78, 5) is 29.1. The van der Waals surface area contributed by atoms with Crippen LogP contribution in [0.1, 0.15) is 47.3 Å². The molecule has 1 saturated carbocycles. The smallest absolute Gasteiger partial charge is 0.339 e. The number of rotatable bonds is 2. The van der Waals surface area contributed by atoms with Gasteiger partial charge in [0.15, 0.2) is 0 Å². The van der Waals surface area contributed by atoms with E-state index in [0.29, 0.717) is 30.3 Å². The molecular weight excluding hydrogens is 409 g/mol. The van der Waals surface area contributed by atoms with Crippen molar-refractivity contribution in [3.63, 3.8) is 0 Å². The first-order chi connectivity index (χ1) is 15.4. The number of carboxylic acids is 1. The highest BCUT2D eigenvalue weighted by Crippen LogP contribution is 2.31. The molecule has 32 heavy (non-hydrogen) atoms. The predicted octanol–water partition coefficient (Wildman–Crippen LogP) is 4.32. The Hall–Kier alpha value is -3.45. The van der Waals surface area contributed by atoms with Crippen molar-refractivity contribution in [2.24, 2.45) is 5.73 Å². The number of nitrogens with two attached hydrogens (primary N) is 1. The predicted molar refractivity (Wildman–Crippen MR) is 121 cm³/mol. The van der Waals surface area contributed by atoms with Crippen LogP contribution >= 0.6 is 0 Å². The number of fused-ring (bicyclic) bond motifs is 3. The maximum atomic E-state index is 13.1. The molecule has 0 spiro atoms. The molecule has 1 aliphatic heterocycles. The van der Waals surface area contributed by atoms with E-state index in [9.17, 15) is 19.1 Å². The molecule has 3 aromatic rings. The zero-order chi connectivity index (χ0) is 22.7. The maximum Gasteiger partial charge on any atom is 0.339 e. The third-order valence-electron chi connectivity index (χ3n) is 5.95. The normalized spacial score (nSPS) is 16.1. The Morgan fingerprint density at radius 2 is 1.75 bits per heavy atom. The van der Waals surface area contributed by atoms with Gasteiger partial charge in [-0.05, 0) is 55.2 Å². The van der Waals surface area contributed by atoms with E-state index in [0.717, 1.165) is 16.5 Å². The largest absolute Gasteiger partial charge is 0.478 e. The molecule has 7 heteroatoms. The fourth-order valence-corrected chi connectivity index (χ4v) is 4.24. The number of benzene rings is 2. The number of amides is 1. The van der Waals surface area contributed by atoms with Crippen LogP contribution in [0.2, 0.25) is 0 Å². The average Bonchev–Trinajstić information content (AvgIpc) is 3.36. The van der Waals surface area contributed by atoms with Gasteiger partial charge in [0, 0.05) is 35.3 Å². The SMILES string of the molecule is NC1CCCC1.O=C(O)C1=CN(C(=O)c2ccc(F)cc2)CCc2c1[nH]c1ccccc21. The summed E-state index contributed by atoms with van der Waals surface area (Å²) in [5.74, 6) is -1.91. The van der Waals surface area contributed by atoms with E-state index in [1.165, 1.54) is 61.0 Å². The molecule has 1 fully saturated rings. The third-order valence-corrected chi connectivity index (χ3v) is 5.95. The van der Waals surface area contributed by atoms with Gasteiger partial charge in [-0.3, -0.25) is 4.79 Å². The highest BCUT2D eigenvalue weighted by Gasteiger charge is 2.26. The van der Waals surface area contributed by atoms with Gasteiger partial charge in [-0.1, -0.05) is 31.0 Å². The number of carboxylic acid groups (broad SMARTS) is 1. The molecule has 2 heterocycles. The molecule has 0 radical (unpaired) electrons. The number of aromatic nitrogens is 1. The minimum atomic E-state index is -1.11. The molecule has 1 aliphatic carbocycles. The summed E-state index contributed by atoms with van der Waals surface area (Å²) >= 11 is 0. The molecular formula is C25H26FN3O3. The number of aliphatic carboxylic acids is 1. The molecule has 2 aliphatic rings. The quantitative estimate of drug-likeness (QED) is 0.558. The highest BCUT2D eigenvalue weighted by molar-refractivity contribution is 6.17. The third kappa shape index (κ3) is 4.57. The number of halogens is 1. The van der Waals surface area contributed by atoms with E-state index in [1.54, 1.807) is 0 Å². The van der Waals surface area contributed by atoms with Gasteiger partial charge in [0.05, 0.1) is 11.3 Å². The topological polar surface area (TPSA) is 99.4 Å². The van der Waals surface area contributed by atoms with Crippen molar-refractivity contribution in [1.82, 2.24) is 9.88 Å². The van der Waals surface area contributed by atoms with Gasteiger partial charge in [0.25, 0.3) is 5.91 Å². The summed E-state index contributed by atoms with van der Waals surface area (Å²) in [5, 5.41) is 10.6. The number of nitrogens with zero attached hydrogens (tertiary/aromatic N) is 1. The van der Waals surface area contributed by atoms with Crippen LogP contribution in [-0.2, 0) is 11.2 Å². The van der Waals surface area contributed by atoms with Gasteiger partial charge in [-0.15, -0.1) is 0 Å². The maximum absolute atomic E-state index is 13.1. The van der Waals surface area contributed by atoms with E-state index >= 15 is 0 Å². The molecule has 0 atom stereocenters. The lowest BCUT2D eigenvalue weighted by Crippen LogP contribution is -2.27. The number of H-pyrrole nitrogens is 1. The molecule has 5 rings (SSSR count). The van der Waals surface area contributed by atoms with Gasteiger partial charge in [0.1, 0.15) is 5.82 Å². The average molecular weight is 435 g/mol. The van der Waals surface area contributed by atoms with Crippen LogP contribution in [0.4, 0.5) is 4.39 Å². The Morgan fingerprint density at radius 1 is 1.06 bits per heavy atom. The van der Waals surface area contributed by atoms with Crippen LogP contribution in [0.3, 0.4) is 0 Å². The van der Waals surface area contributed by atoms with E-state index in [2.05, 4.69) is 4.98 Å². The number of carbonyl (C=O) groups is 2. The van der Waals surface area contributed by atoms with Crippen molar-refractivity contribution < 1.29 is 19.1 Å². The van der Waals surface area contributed by atoms with Crippen molar-refractivity contribution in [1.29, 1.82) is 0 Å². The lowest BCUT2D eigenvalue weighted by molar-refractivity contribution is -0.130. The molecule has 166 valence electrons. The van der Waals surface area contributed by atoms with Gasteiger partial charge < -0.3 is 20.7 Å². The highest BCUT2D eigenvalue weighted by atomic mass is 19.1. The summed E-state index contributed by atoms with van der Waals surface area (Å²) in [6.07, 6.45) is 7.12. The molecule has 4 N–H and O–H groups in total. The van der Waals surface area contributed by atoms with Crippen LogP contribution < -0.4 is 5.73 Å². The van der Waals surface area contributed by atoms with Crippen molar-refractivity contribution in [3.8, 4) is 0 Å². The Bertz CT molecular complexity index is 1160. The number of nitrogens with one attached hydrogen (secondary N) is 1. The lowest BCUT2D eigenvalue weighted by Gasteiger charge is -2.17. The lowest BCUT2D eigenvalue weighted by atomic mass is 10.0. The first-order valence-corrected chi connectivity index (χ1v) is 10.8. The Balaban J connectivity index is 0.000000354. The Kier molecular flexibility index (Phi) is 6.37. The summed E-state index contributed by atoms with van der Waals surface area (Å²) in [5.41, 5.74) is 8.14. The second-order valence-electron chi connectivity index (χ2n) is 8.17. The van der Waals surface area contributed by atoms with E-state index in [1.807, 2.05) is 24.3 Å². The first-order valence-electron chi connectivity index (χ1n) is 10.8. The van der Waals surface area contributed by atoms with Gasteiger partial charge >= 0.3 is 5.97 Å². The van der Waals surface area contributed by atoms with Crippen molar-refractivity contribution >= 4 is 28.4 Å². The van der Waals surface area contributed by atoms with E-state index < -0.39 is 11.8 Å². The summed E-state index contributed by atoms with van der Waals surface area (Å²) in [7, 11) is 0. The number of hydrogen-bond donors (Lipinski definition) is 3. The van der Waals surface area contributed by atoms with Crippen LogP contribution in [0, 0.1) is 5.82 Å². The molecule has 6 nitrogen and oxygen atoms in total. The molecule has 2 aromatic carbocycles. The van der Waals surface area contributed by atoms with Gasteiger partial charge in [0.2, 0.25) is 0 Å². The summed E-state index contributed by atoms with van der Waals surface area (Å²) in [6.45, 7) is 0.335. The number of carbonyl (C=O) groups excluding carboxylic acids is 1. The zero-order valence-corrected chi connectivity index (χ0v) is 17.7. The van der Waals surface area contributed by atoms with Crippen LogP contribution in [0.5, 0.6) is 0 Å². The second kappa shape index (κ2) is 9.36. The van der Waals surface area contributed by atoms with Gasteiger partial charge in [-0.25, -0.2) is 9.18 Å². The van der Waals surface area contributed by atoms with E-state index in [4.69, 9.17) is 5.73 Å². The van der Waals surface area contributed by atoms with Crippen LogP contribution in [-0.4, -0.2) is 39.5 Å². The standard InChI is InChI=1S/C20H15FN2O3.C5H11N/c21-13-7-5-12(6-8-13)19(24)23-10-9-15-14-3-1-2-4-17(14)22-18(15)16(11-23)20(25)26;6-5-3-1-2-4-5/h1-8,11,22H,9-10H2,(H,25,26);5H,1-4,6H2. The summed E-state index contributed by atoms with van der Waals surface area (Å²) < 4.78 is 13.1. The van der Waals surface area contributed by atoms with Crippen molar-refractivity contribution in [3.05, 3.63) is 77.4 Å². The van der Waals surface area contributed by atoms with Crippen molar-refractivity contribution in [2.45, 2.75) is 38.1 Å². The van der Waals surface area contributed by atoms with Crippen molar-refractivity contribution in [2.75, 3.05) is 6.54 Å². The van der Waals surface area contributed by atoms with Gasteiger partial charge in [-0.2, -0.15) is 0 Å².